The minimum Gasteiger partial charge on any atom is -0.419 e. The van der Waals surface area contributed by atoms with Crippen molar-refractivity contribution < 1.29 is 22.0 Å². The molecule has 0 amide bonds. The molecule has 0 saturated carbocycles. The number of alkyl halides is 3. The van der Waals surface area contributed by atoms with Gasteiger partial charge in [-0.05, 0) is 67.4 Å². The number of hydrogen-bond donors (Lipinski definition) is 0. The van der Waals surface area contributed by atoms with Crippen LogP contribution in [0.2, 0.25) is 10.0 Å². The molecule has 4 aromatic carbocycles. The maximum atomic E-state index is 13.1. The molecule has 3 heterocycles. The molecule has 0 unspecified atom stereocenters. The largest absolute Gasteiger partial charge is 0.419 e. The SMILES string of the molecule is CN(Cc1nnc(-c2ccccc2Cl)o1)Cc1ccccc1C(F)(F)F.Clc1ccccc1-c1nnc(CN2CCCc3ccccc32)o1. The predicted octanol–water partition coefficient (Wildman–Crippen LogP) is 9.38. The lowest BCUT2D eigenvalue weighted by atomic mass is 10.0. The molecule has 1 aliphatic rings. The van der Waals surface area contributed by atoms with E-state index < -0.39 is 11.7 Å². The molecule has 0 aliphatic carbocycles. The summed E-state index contributed by atoms with van der Waals surface area (Å²) in [5, 5.41) is 17.3. The number of aromatic nitrogens is 4. The molecule has 13 heteroatoms. The first-order valence-electron chi connectivity index (χ1n) is 15.5. The van der Waals surface area contributed by atoms with E-state index in [2.05, 4.69) is 49.6 Å². The standard InChI is InChI=1S/C18H15ClF3N3O.C18H16ClN3O/c1-25(10-12-6-2-4-8-14(12)18(20,21)22)11-16-23-24-17(26-16)13-7-3-5-9-15(13)19;19-15-9-3-2-8-14(15)18-21-20-17(23-18)12-22-11-5-7-13-6-1-4-10-16(13)22/h2-9H,10-11H2,1H3;1-4,6,8-10H,5,7,11-12H2. The molecule has 6 aromatic rings. The summed E-state index contributed by atoms with van der Waals surface area (Å²) in [6.45, 7) is 1.93. The van der Waals surface area contributed by atoms with Gasteiger partial charge in [-0.25, -0.2) is 0 Å². The van der Waals surface area contributed by atoms with E-state index in [0.29, 0.717) is 39.8 Å². The van der Waals surface area contributed by atoms with Crippen molar-refractivity contribution in [3.8, 4) is 22.9 Å². The van der Waals surface area contributed by atoms with Crippen LogP contribution < -0.4 is 4.90 Å². The average molecular weight is 708 g/mol. The fourth-order valence-electron chi connectivity index (χ4n) is 5.57. The molecule has 252 valence electrons. The summed E-state index contributed by atoms with van der Waals surface area (Å²) in [5.74, 6) is 1.65. The summed E-state index contributed by atoms with van der Waals surface area (Å²) >= 11 is 12.3. The van der Waals surface area contributed by atoms with E-state index in [4.69, 9.17) is 32.0 Å². The molecule has 0 N–H and O–H groups in total. The van der Waals surface area contributed by atoms with Crippen LogP contribution in [-0.2, 0) is 32.2 Å². The Morgan fingerprint density at radius 3 is 1.96 bits per heavy atom. The lowest BCUT2D eigenvalue weighted by Gasteiger charge is -2.29. The summed E-state index contributed by atoms with van der Waals surface area (Å²) in [6, 6.07) is 28.5. The maximum absolute atomic E-state index is 13.1. The monoisotopic (exact) mass is 706 g/mol. The zero-order valence-corrected chi connectivity index (χ0v) is 27.9. The molecule has 0 atom stereocenters. The maximum Gasteiger partial charge on any atom is 0.416 e. The fraction of sp³-hybridized carbons (Fsp3) is 0.222. The van der Waals surface area contributed by atoms with Gasteiger partial charge in [0, 0.05) is 18.8 Å². The van der Waals surface area contributed by atoms with E-state index in [9.17, 15) is 13.2 Å². The average Bonchev–Trinajstić information content (AvgIpc) is 3.75. The lowest BCUT2D eigenvalue weighted by molar-refractivity contribution is -0.138. The van der Waals surface area contributed by atoms with Crippen molar-refractivity contribution in [1.82, 2.24) is 25.3 Å². The molecule has 1 aliphatic heterocycles. The van der Waals surface area contributed by atoms with Gasteiger partial charge in [0.25, 0.3) is 0 Å². The second kappa shape index (κ2) is 15.2. The first-order valence-corrected chi connectivity index (χ1v) is 16.2. The van der Waals surface area contributed by atoms with Crippen molar-refractivity contribution in [3.63, 3.8) is 0 Å². The molecular weight excluding hydrogens is 676 g/mol. The number of aryl methyl sites for hydroxylation is 1. The topological polar surface area (TPSA) is 84.3 Å². The number of hydrogen-bond acceptors (Lipinski definition) is 8. The van der Waals surface area contributed by atoms with Gasteiger partial charge in [-0.2, -0.15) is 13.2 Å². The van der Waals surface area contributed by atoms with Gasteiger partial charge in [0.05, 0.1) is 39.8 Å². The molecule has 7 rings (SSSR count). The van der Waals surface area contributed by atoms with Crippen LogP contribution in [0, 0.1) is 0 Å². The molecule has 0 spiro atoms. The lowest BCUT2D eigenvalue weighted by Crippen LogP contribution is -2.28. The van der Waals surface area contributed by atoms with Gasteiger partial charge in [-0.15, -0.1) is 20.4 Å². The van der Waals surface area contributed by atoms with E-state index in [1.54, 1.807) is 42.3 Å². The molecular formula is C36H31Cl2F3N6O2. The normalized spacial score (nSPS) is 12.8. The minimum atomic E-state index is -4.39. The van der Waals surface area contributed by atoms with Gasteiger partial charge in [0.1, 0.15) is 0 Å². The molecule has 8 nitrogen and oxygen atoms in total. The number of para-hydroxylation sites is 1. The zero-order valence-electron chi connectivity index (χ0n) is 26.4. The van der Waals surface area contributed by atoms with Crippen LogP contribution in [0.15, 0.2) is 106 Å². The second-order valence-corrected chi connectivity index (χ2v) is 12.3. The van der Waals surface area contributed by atoms with Gasteiger partial charge >= 0.3 is 6.18 Å². The number of fused-ring (bicyclic) bond motifs is 1. The van der Waals surface area contributed by atoms with Gasteiger partial charge in [0.15, 0.2) is 0 Å². The van der Waals surface area contributed by atoms with E-state index in [-0.39, 0.29) is 24.5 Å². The number of halogens is 5. The Labute approximate surface area is 291 Å². The molecule has 2 aromatic heterocycles. The third-order valence-electron chi connectivity index (χ3n) is 7.84. The highest BCUT2D eigenvalue weighted by atomic mass is 35.5. The third-order valence-corrected chi connectivity index (χ3v) is 8.50. The molecule has 0 saturated heterocycles. The van der Waals surface area contributed by atoms with Gasteiger partial charge in [0.2, 0.25) is 23.6 Å². The number of benzene rings is 4. The van der Waals surface area contributed by atoms with Crippen molar-refractivity contribution >= 4 is 28.9 Å². The Morgan fingerprint density at radius 2 is 1.29 bits per heavy atom. The summed E-state index contributed by atoms with van der Waals surface area (Å²) < 4.78 is 50.7. The predicted molar refractivity (Wildman–Crippen MR) is 182 cm³/mol. The van der Waals surface area contributed by atoms with Gasteiger partial charge in [-0.1, -0.05) is 83.9 Å². The Balaban J connectivity index is 0.000000171. The molecule has 0 bridgehead atoms. The van der Waals surface area contributed by atoms with Crippen LogP contribution in [0.4, 0.5) is 18.9 Å². The number of nitrogens with zero attached hydrogens (tertiary/aromatic N) is 6. The first kappa shape index (κ1) is 34.2. The highest BCUT2D eigenvalue weighted by molar-refractivity contribution is 6.33. The third kappa shape index (κ3) is 8.48. The Bertz CT molecular complexity index is 2010. The van der Waals surface area contributed by atoms with Crippen LogP contribution in [0.25, 0.3) is 22.9 Å². The van der Waals surface area contributed by atoms with Crippen LogP contribution in [-0.4, -0.2) is 38.9 Å². The smallest absolute Gasteiger partial charge is 0.416 e. The van der Waals surface area contributed by atoms with Crippen molar-refractivity contribution in [1.29, 1.82) is 0 Å². The van der Waals surface area contributed by atoms with Crippen molar-refractivity contribution in [2.75, 3.05) is 18.5 Å². The van der Waals surface area contributed by atoms with Crippen molar-refractivity contribution in [3.05, 3.63) is 136 Å². The van der Waals surface area contributed by atoms with E-state index in [0.717, 1.165) is 31.0 Å². The summed E-state index contributed by atoms with van der Waals surface area (Å²) in [5.41, 5.74) is 3.56. The highest BCUT2D eigenvalue weighted by Gasteiger charge is 2.33. The summed E-state index contributed by atoms with van der Waals surface area (Å²) in [7, 11) is 1.69. The van der Waals surface area contributed by atoms with Crippen LogP contribution in [0.5, 0.6) is 0 Å². The fourth-order valence-corrected chi connectivity index (χ4v) is 6.01. The van der Waals surface area contributed by atoms with Crippen molar-refractivity contribution in [2.24, 2.45) is 0 Å². The Hall–Kier alpha value is -4.71. The summed E-state index contributed by atoms with van der Waals surface area (Å²) in [4.78, 5) is 3.97. The summed E-state index contributed by atoms with van der Waals surface area (Å²) in [6.07, 6.45) is -2.12. The van der Waals surface area contributed by atoms with Crippen molar-refractivity contribution in [2.45, 2.75) is 38.7 Å². The van der Waals surface area contributed by atoms with E-state index in [1.807, 2.05) is 24.3 Å². The molecule has 49 heavy (non-hydrogen) atoms. The molecule has 0 radical (unpaired) electrons. The Kier molecular flexibility index (Phi) is 10.6. The minimum absolute atomic E-state index is 0.0967. The Morgan fingerprint density at radius 1 is 0.714 bits per heavy atom. The number of anilines is 1. The van der Waals surface area contributed by atoms with E-state index >= 15 is 0 Å². The van der Waals surface area contributed by atoms with Gasteiger partial charge in [-0.3, -0.25) is 4.90 Å². The van der Waals surface area contributed by atoms with Crippen LogP contribution in [0.3, 0.4) is 0 Å². The highest BCUT2D eigenvalue weighted by Crippen LogP contribution is 2.33. The first-order chi connectivity index (χ1) is 23.7. The van der Waals surface area contributed by atoms with E-state index in [1.165, 1.54) is 23.4 Å². The zero-order chi connectivity index (χ0) is 34.4. The van der Waals surface area contributed by atoms with Crippen LogP contribution >= 0.6 is 23.2 Å². The van der Waals surface area contributed by atoms with Crippen LogP contribution in [0.1, 0.15) is 34.9 Å². The molecule has 0 fully saturated rings. The van der Waals surface area contributed by atoms with Gasteiger partial charge < -0.3 is 13.7 Å². The quantitative estimate of drug-likeness (QED) is 0.155. The number of rotatable bonds is 8. The second-order valence-electron chi connectivity index (χ2n) is 11.4.